The highest BCUT2D eigenvalue weighted by Gasteiger charge is 2.35. The van der Waals surface area contributed by atoms with Crippen molar-refractivity contribution in [2.45, 2.75) is 56.7 Å². The van der Waals surface area contributed by atoms with Crippen molar-refractivity contribution in [3.05, 3.63) is 94.2 Å². The number of hydrogen-bond acceptors (Lipinski definition) is 4. The summed E-state index contributed by atoms with van der Waals surface area (Å²) in [5.41, 5.74) is 0.384. The van der Waals surface area contributed by atoms with Crippen LogP contribution in [0.2, 0.25) is 0 Å². The second kappa shape index (κ2) is 14.3. The average molecular weight is 573 g/mol. The van der Waals surface area contributed by atoms with Crippen molar-refractivity contribution >= 4 is 17.2 Å². The van der Waals surface area contributed by atoms with Gasteiger partial charge >= 0.3 is 6.18 Å². The molecule has 1 aromatic heterocycles. The van der Waals surface area contributed by atoms with E-state index in [1.54, 1.807) is 16.2 Å². The van der Waals surface area contributed by atoms with Crippen molar-refractivity contribution in [2.75, 3.05) is 32.7 Å². The number of rotatable bonds is 7. The first kappa shape index (κ1) is 30.3. The van der Waals surface area contributed by atoms with E-state index in [2.05, 4.69) is 17.0 Å². The van der Waals surface area contributed by atoms with E-state index in [1.807, 2.05) is 41.1 Å². The maximum absolute atomic E-state index is 13.0. The summed E-state index contributed by atoms with van der Waals surface area (Å²) < 4.78 is 38.9. The second-order valence-corrected chi connectivity index (χ2v) is 11.8. The molecule has 0 spiro atoms. The number of benzene rings is 1. The Morgan fingerprint density at radius 1 is 1.02 bits per heavy atom. The van der Waals surface area contributed by atoms with Crippen LogP contribution < -0.4 is 0 Å². The number of aryl methyl sites for hydroxylation is 1. The Hall–Kier alpha value is -2.68. The van der Waals surface area contributed by atoms with Gasteiger partial charge in [0.15, 0.2) is 0 Å². The highest BCUT2D eigenvalue weighted by atomic mass is 32.1. The molecule has 1 N–H and O–H groups in total. The van der Waals surface area contributed by atoms with Crippen LogP contribution in [0.3, 0.4) is 0 Å². The van der Waals surface area contributed by atoms with Crippen molar-refractivity contribution in [1.29, 1.82) is 0 Å². The first-order chi connectivity index (χ1) is 19.2. The summed E-state index contributed by atoms with van der Waals surface area (Å²) in [5.74, 6) is 0.148. The number of carbonyl (C=O) groups excluding carboxylic acids is 1. The highest BCUT2D eigenvalue weighted by molar-refractivity contribution is 7.07. The fourth-order valence-electron chi connectivity index (χ4n) is 5.59. The molecule has 5 rings (SSSR count). The molecule has 1 aromatic carbocycles. The summed E-state index contributed by atoms with van der Waals surface area (Å²) in [5, 5.41) is 15.1. The van der Waals surface area contributed by atoms with E-state index in [9.17, 15) is 23.1 Å². The van der Waals surface area contributed by atoms with E-state index in [0.29, 0.717) is 24.6 Å². The molecule has 1 aliphatic carbocycles. The molecule has 2 aliphatic heterocycles. The zero-order chi connectivity index (χ0) is 28.4. The third-order valence-corrected chi connectivity index (χ3v) is 8.59. The van der Waals surface area contributed by atoms with Gasteiger partial charge in [-0.15, -0.1) is 0 Å². The van der Waals surface area contributed by atoms with Gasteiger partial charge < -0.3 is 14.9 Å². The third-order valence-electron chi connectivity index (χ3n) is 7.96. The predicted molar refractivity (Wildman–Crippen MR) is 155 cm³/mol. The van der Waals surface area contributed by atoms with Gasteiger partial charge in [-0.25, -0.2) is 0 Å². The lowest BCUT2D eigenvalue weighted by Crippen LogP contribution is -2.46. The zero-order valence-corrected chi connectivity index (χ0v) is 23.7. The van der Waals surface area contributed by atoms with E-state index >= 15 is 0 Å². The second-order valence-electron chi connectivity index (χ2n) is 11.0. The van der Waals surface area contributed by atoms with Gasteiger partial charge in [0, 0.05) is 43.9 Å². The van der Waals surface area contributed by atoms with Crippen LogP contribution in [-0.2, 0) is 11.2 Å². The molecule has 0 saturated carbocycles. The molecule has 1 atom stereocenters. The maximum atomic E-state index is 13.0. The Labute approximate surface area is 239 Å². The summed E-state index contributed by atoms with van der Waals surface area (Å²) in [4.78, 5) is 17.0. The quantitative estimate of drug-likeness (QED) is 0.397. The molecular weight excluding hydrogens is 533 g/mol. The Kier molecular flexibility index (Phi) is 10.8. The summed E-state index contributed by atoms with van der Waals surface area (Å²) in [6.45, 7) is 3.84. The van der Waals surface area contributed by atoms with Crippen LogP contribution in [0.1, 0.15) is 44.1 Å². The van der Waals surface area contributed by atoms with E-state index < -0.39 is 17.4 Å². The molecule has 2 fully saturated rings. The molecule has 1 amide bonds. The van der Waals surface area contributed by atoms with Crippen molar-refractivity contribution in [1.82, 2.24) is 9.80 Å². The van der Waals surface area contributed by atoms with Gasteiger partial charge in [-0.05, 0) is 73.3 Å². The van der Waals surface area contributed by atoms with E-state index in [-0.39, 0.29) is 12.3 Å². The fourth-order valence-corrected chi connectivity index (χ4v) is 6.04. The number of likely N-dealkylation sites (tertiary alicyclic amines) is 2. The van der Waals surface area contributed by atoms with Gasteiger partial charge in [0.2, 0.25) is 0 Å². The Balaban J connectivity index is 0.000000666. The summed E-state index contributed by atoms with van der Waals surface area (Å²) >= 11 is 1.71. The largest absolute Gasteiger partial charge is 0.412 e. The number of nitrogens with zero attached hydrogens (tertiary/aromatic N) is 2. The van der Waals surface area contributed by atoms with Gasteiger partial charge in [0.1, 0.15) is 0 Å². The Bertz CT molecular complexity index is 1130. The Morgan fingerprint density at radius 3 is 2.40 bits per heavy atom. The zero-order valence-electron chi connectivity index (χ0n) is 22.9. The summed E-state index contributed by atoms with van der Waals surface area (Å²) in [6, 6.07) is 14.4. The molecule has 8 heteroatoms. The third kappa shape index (κ3) is 9.18. The molecular formula is C32H39F3N2O2S. The van der Waals surface area contributed by atoms with Gasteiger partial charge in [0.25, 0.3) is 5.91 Å². The minimum Gasteiger partial charge on any atom is -0.390 e. The van der Waals surface area contributed by atoms with Crippen molar-refractivity contribution in [3.63, 3.8) is 0 Å². The standard InChI is InChI=1S/C28H35F3N2O2.C4H4S/c29-28(30,31)25-10-4-9-24(11-12-25)26(34)33-17-13-23(21-33)20-32-18-15-27(35,16-19-32)14-5-8-22-6-2-1-3-7-22;1-2-4-5-3-1/h1-4,6-7,9,11-12,23,35H,5,8,10,13-21H2;1-4H. The number of aliphatic hydroxyl groups is 1. The number of carbonyl (C=O) groups is 1. The van der Waals surface area contributed by atoms with E-state index in [1.165, 1.54) is 23.8 Å². The van der Waals surface area contributed by atoms with E-state index in [4.69, 9.17) is 0 Å². The van der Waals surface area contributed by atoms with Crippen molar-refractivity contribution in [3.8, 4) is 0 Å². The predicted octanol–water partition coefficient (Wildman–Crippen LogP) is 6.81. The molecule has 3 aliphatic rings. The van der Waals surface area contributed by atoms with Crippen LogP contribution in [0.5, 0.6) is 0 Å². The summed E-state index contributed by atoms with van der Waals surface area (Å²) in [7, 11) is 0. The number of thiophene rings is 1. The van der Waals surface area contributed by atoms with Gasteiger partial charge in [-0.2, -0.15) is 24.5 Å². The molecule has 2 aromatic rings. The lowest BCUT2D eigenvalue weighted by atomic mass is 9.85. The van der Waals surface area contributed by atoms with Crippen LogP contribution in [0.25, 0.3) is 0 Å². The normalized spacial score (nSPS) is 21.2. The van der Waals surface area contributed by atoms with Crippen LogP contribution in [0.15, 0.2) is 88.7 Å². The van der Waals surface area contributed by atoms with Gasteiger partial charge in [-0.3, -0.25) is 4.79 Å². The fraction of sp³-hybridized carbons (Fsp3) is 0.469. The molecule has 1 unspecified atom stereocenters. The van der Waals surface area contributed by atoms with Crippen molar-refractivity contribution in [2.24, 2.45) is 5.92 Å². The first-order valence-corrected chi connectivity index (χ1v) is 15.1. The number of allylic oxidation sites excluding steroid dienone is 4. The SMILES string of the molecule is O=C(C1=CC=C(C(F)(F)F)CC=C1)N1CCC(CN2CCC(O)(CCCc3ccccc3)CC2)C1.c1ccsc1. The Morgan fingerprint density at radius 2 is 1.75 bits per heavy atom. The number of halogens is 3. The molecule has 0 radical (unpaired) electrons. The lowest BCUT2D eigenvalue weighted by molar-refractivity contribution is -0.125. The first-order valence-electron chi connectivity index (χ1n) is 14.1. The molecule has 2 saturated heterocycles. The monoisotopic (exact) mass is 572 g/mol. The number of piperidine rings is 1. The van der Waals surface area contributed by atoms with Crippen LogP contribution in [-0.4, -0.2) is 65.3 Å². The van der Waals surface area contributed by atoms with Crippen LogP contribution >= 0.6 is 11.3 Å². The van der Waals surface area contributed by atoms with Crippen LogP contribution in [0.4, 0.5) is 13.2 Å². The van der Waals surface area contributed by atoms with Crippen molar-refractivity contribution < 1.29 is 23.1 Å². The number of alkyl halides is 3. The van der Waals surface area contributed by atoms with Crippen LogP contribution in [0, 0.1) is 5.92 Å². The lowest BCUT2D eigenvalue weighted by Gasteiger charge is -2.39. The highest BCUT2D eigenvalue weighted by Crippen LogP contribution is 2.31. The average Bonchev–Trinajstić information content (AvgIpc) is 3.61. The molecule has 3 heterocycles. The summed E-state index contributed by atoms with van der Waals surface area (Å²) in [6.07, 6.45) is 5.85. The van der Waals surface area contributed by atoms with Gasteiger partial charge in [0.05, 0.1) is 5.60 Å². The maximum Gasteiger partial charge on any atom is 0.412 e. The molecule has 4 nitrogen and oxygen atoms in total. The molecule has 40 heavy (non-hydrogen) atoms. The van der Waals surface area contributed by atoms with Gasteiger partial charge in [-0.1, -0.05) is 60.7 Å². The number of hydrogen-bond donors (Lipinski definition) is 1. The smallest absolute Gasteiger partial charge is 0.390 e. The van der Waals surface area contributed by atoms with E-state index in [0.717, 1.165) is 64.2 Å². The minimum atomic E-state index is -4.37. The number of amides is 1. The topological polar surface area (TPSA) is 43.8 Å². The molecule has 0 bridgehead atoms. The minimum absolute atomic E-state index is 0.199. The molecule has 216 valence electrons.